The number of nitrogens with one attached hydrogen (secondary N) is 1. The van der Waals surface area contributed by atoms with Crippen LogP contribution in [0.25, 0.3) is 0 Å². The van der Waals surface area contributed by atoms with Crippen molar-refractivity contribution >= 4 is 23.4 Å². The average molecular weight is 289 g/mol. The molecular weight excluding hydrogens is 273 g/mol. The topological polar surface area (TPSA) is 29.1 Å². The Labute approximate surface area is 122 Å². The molecule has 2 aromatic rings. The molecule has 0 unspecified atom stereocenters. The van der Waals surface area contributed by atoms with Crippen molar-refractivity contribution in [3.8, 4) is 0 Å². The molecule has 0 saturated carbocycles. The molecule has 0 radical (unpaired) electrons. The van der Waals surface area contributed by atoms with Crippen LogP contribution in [0.1, 0.15) is 11.1 Å². The SMILES string of the molecule is Cc1ccc(F)cc1NC(=O)CSCc1ccccc1. The van der Waals surface area contributed by atoms with Gasteiger partial charge in [0.25, 0.3) is 0 Å². The van der Waals surface area contributed by atoms with E-state index in [0.29, 0.717) is 11.4 Å². The highest BCUT2D eigenvalue weighted by Gasteiger charge is 2.06. The summed E-state index contributed by atoms with van der Waals surface area (Å²) >= 11 is 1.54. The van der Waals surface area contributed by atoms with E-state index >= 15 is 0 Å². The Hall–Kier alpha value is -1.81. The number of carbonyl (C=O) groups excluding carboxylic acids is 1. The van der Waals surface area contributed by atoms with E-state index in [-0.39, 0.29) is 11.7 Å². The van der Waals surface area contributed by atoms with Gasteiger partial charge < -0.3 is 5.32 Å². The molecule has 0 heterocycles. The predicted octanol–water partition coefficient (Wildman–Crippen LogP) is 4.01. The molecule has 0 spiro atoms. The van der Waals surface area contributed by atoms with Crippen molar-refractivity contribution in [3.05, 3.63) is 65.5 Å². The standard InChI is InChI=1S/C16H16FNOS/c1-12-7-8-14(17)9-15(12)18-16(19)11-20-10-13-5-3-2-4-6-13/h2-9H,10-11H2,1H3,(H,18,19). The fourth-order valence-corrected chi connectivity index (χ4v) is 2.54. The second kappa shape index (κ2) is 7.10. The minimum Gasteiger partial charge on any atom is -0.325 e. The van der Waals surface area contributed by atoms with E-state index in [2.05, 4.69) is 5.32 Å². The first kappa shape index (κ1) is 14.6. The van der Waals surface area contributed by atoms with Crippen molar-refractivity contribution in [3.63, 3.8) is 0 Å². The second-order valence-electron chi connectivity index (χ2n) is 4.49. The molecule has 0 aliphatic heterocycles. The molecule has 2 aromatic carbocycles. The second-order valence-corrected chi connectivity index (χ2v) is 5.47. The fraction of sp³-hybridized carbons (Fsp3) is 0.188. The minimum atomic E-state index is -0.345. The van der Waals surface area contributed by atoms with Crippen LogP contribution in [0.2, 0.25) is 0 Å². The molecule has 0 aliphatic rings. The van der Waals surface area contributed by atoms with Crippen molar-refractivity contribution in [2.45, 2.75) is 12.7 Å². The van der Waals surface area contributed by atoms with Crippen LogP contribution < -0.4 is 5.32 Å². The average Bonchev–Trinajstić information content (AvgIpc) is 2.44. The van der Waals surface area contributed by atoms with Crippen LogP contribution in [0.3, 0.4) is 0 Å². The summed E-state index contributed by atoms with van der Waals surface area (Å²) in [5, 5.41) is 2.74. The summed E-state index contributed by atoms with van der Waals surface area (Å²) in [5.74, 6) is 0.684. The van der Waals surface area contributed by atoms with Crippen LogP contribution in [0, 0.1) is 12.7 Å². The Morgan fingerprint density at radius 3 is 2.70 bits per heavy atom. The van der Waals surface area contributed by atoms with Crippen LogP contribution in [0.4, 0.5) is 10.1 Å². The van der Waals surface area contributed by atoms with Gasteiger partial charge in [-0.2, -0.15) is 0 Å². The van der Waals surface area contributed by atoms with E-state index in [1.165, 1.54) is 29.5 Å². The molecule has 0 saturated heterocycles. The van der Waals surface area contributed by atoms with E-state index < -0.39 is 0 Å². The molecule has 2 rings (SSSR count). The van der Waals surface area contributed by atoms with E-state index in [0.717, 1.165) is 11.3 Å². The molecule has 0 aliphatic carbocycles. The summed E-state index contributed by atoms with van der Waals surface area (Å²) in [7, 11) is 0. The van der Waals surface area contributed by atoms with Gasteiger partial charge in [-0.3, -0.25) is 4.79 Å². The number of hydrogen-bond donors (Lipinski definition) is 1. The maximum atomic E-state index is 13.1. The summed E-state index contributed by atoms with van der Waals surface area (Å²) in [5.41, 5.74) is 2.58. The first-order valence-corrected chi connectivity index (χ1v) is 7.48. The monoisotopic (exact) mass is 289 g/mol. The molecule has 0 aromatic heterocycles. The normalized spacial score (nSPS) is 10.3. The highest BCUT2D eigenvalue weighted by atomic mass is 32.2. The molecule has 104 valence electrons. The van der Waals surface area contributed by atoms with Gasteiger partial charge in [0.15, 0.2) is 0 Å². The quantitative estimate of drug-likeness (QED) is 0.901. The first-order chi connectivity index (χ1) is 9.65. The third-order valence-electron chi connectivity index (χ3n) is 2.82. The largest absolute Gasteiger partial charge is 0.325 e. The number of carbonyl (C=O) groups is 1. The lowest BCUT2D eigenvalue weighted by Crippen LogP contribution is -2.15. The number of anilines is 1. The van der Waals surface area contributed by atoms with Crippen LogP contribution in [0.15, 0.2) is 48.5 Å². The maximum Gasteiger partial charge on any atom is 0.234 e. The van der Waals surface area contributed by atoms with Gasteiger partial charge in [-0.05, 0) is 30.2 Å². The molecule has 20 heavy (non-hydrogen) atoms. The van der Waals surface area contributed by atoms with Crippen molar-refractivity contribution in [2.24, 2.45) is 0 Å². The highest BCUT2D eigenvalue weighted by molar-refractivity contribution is 7.99. The third-order valence-corrected chi connectivity index (χ3v) is 3.82. The fourth-order valence-electron chi connectivity index (χ4n) is 1.75. The lowest BCUT2D eigenvalue weighted by atomic mass is 10.2. The molecule has 2 nitrogen and oxygen atoms in total. The lowest BCUT2D eigenvalue weighted by molar-refractivity contribution is -0.113. The summed E-state index contributed by atoms with van der Waals surface area (Å²) in [4.78, 5) is 11.8. The number of rotatable bonds is 5. The molecule has 1 N–H and O–H groups in total. The number of aryl methyl sites for hydroxylation is 1. The number of hydrogen-bond acceptors (Lipinski definition) is 2. The Morgan fingerprint density at radius 1 is 1.20 bits per heavy atom. The zero-order chi connectivity index (χ0) is 14.4. The van der Waals surface area contributed by atoms with Gasteiger partial charge in [0, 0.05) is 11.4 Å². The number of thioether (sulfide) groups is 1. The van der Waals surface area contributed by atoms with Crippen LogP contribution >= 0.6 is 11.8 Å². The van der Waals surface area contributed by atoms with Crippen molar-refractivity contribution in [1.29, 1.82) is 0 Å². The molecular formula is C16H16FNOS. The first-order valence-electron chi connectivity index (χ1n) is 6.33. The zero-order valence-electron chi connectivity index (χ0n) is 11.2. The molecule has 0 fully saturated rings. The number of halogens is 1. The Balaban J connectivity index is 1.82. The highest BCUT2D eigenvalue weighted by Crippen LogP contribution is 2.17. The molecule has 1 amide bonds. The van der Waals surface area contributed by atoms with Gasteiger partial charge in [0.05, 0.1) is 5.75 Å². The molecule has 4 heteroatoms. The summed E-state index contributed by atoms with van der Waals surface area (Å²) < 4.78 is 13.1. The predicted molar refractivity (Wildman–Crippen MR) is 82.4 cm³/mol. The van der Waals surface area contributed by atoms with Gasteiger partial charge >= 0.3 is 0 Å². The summed E-state index contributed by atoms with van der Waals surface area (Å²) in [6.07, 6.45) is 0. The van der Waals surface area contributed by atoms with Gasteiger partial charge in [0.1, 0.15) is 5.82 Å². The van der Waals surface area contributed by atoms with E-state index in [9.17, 15) is 9.18 Å². The zero-order valence-corrected chi connectivity index (χ0v) is 12.0. The summed E-state index contributed by atoms with van der Waals surface area (Å²) in [6, 6.07) is 14.4. The van der Waals surface area contributed by atoms with E-state index in [1.807, 2.05) is 37.3 Å². The van der Waals surface area contributed by atoms with Crippen molar-refractivity contribution in [2.75, 3.05) is 11.1 Å². The Kier molecular flexibility index (Phi) is 5.18. The van der Waals surface area contributed by atoms with E-state index in [1.54, 1.807) is 6.07 Å². The van der Waals surface area contributed by atoms with Crippen molar-refractivity contribution in [1.82, 2.24) is 0 Å². The van der Waals surface area contributed by atoms with Gasteiger partial charge in [-0.1, -0.05) is 36.4 Å². The molecule has 0 bridgehead atoms. The lowest BCUT2D eigenvalue weighted by Gasteiger charge is -2.08. The Morgan fingerprint density at radius 2 is 1.95 bits per heavy atom. The number of amides is 1. The third kappa shape index (κ3) is 4.38. The maximum absolute atomic E-state index is 13.1. The minimum absolute atomic E-state index is 0.111. The van der Waals surface area contributed by atoms with Gasteiger partial charge in [0.2, 0.25) is 5.91 Å². The molecule has 0 atom stereocenters. The van der Waals surface area contributed by atoms with Crippen LogP contribution in [-0.4, -0.2) is 11.7 Å². The van der Waals surface area contributed by atoms with Crippen LogP contribution in [0.5, 0.6) is 0 Å². The summed E-state index contributed by atoms with van der Waals surface area (Å²) in [6.45, 7) is 1.84. The van der Waals surface area contributed by atoms with Crippen molar-refractivity contribution < 1.29 is 9.18 Å². The van der Waals surface area contributed by atoms with E-state index in [4.69, 9.17) is 0 Å². The van der Waals surface area contributed by atoms with Gasteiger partial charge in [-0.25, -0.2) is 4.39 Å². The van der Waals surface area contributed by atoms with Gasteiger partial charge in [-0.15, -0.1) is 11.8 Å². The van der Waals surface area contributed by atoms with Crippen LogP contribution in [-0.2, 0) is 10.5 Å². The smallest absolute Gasteiger partial charge is 0.234 e. The Bertz CT molecular complexity index is 586. The number of benzene rings is 2.